The first-order valence-corrected chi connectivity index (χ1v) is 5.90. The molecular formula is C12H15ClN4O. The van der Waals surface area contributed by atoms with Gasteiger partial charge in [-0.1, -0.05) is 18.5 Å². The van der Waals surface area contributed by atoms with Gasteiger partial charge in [0.25, 0.3) is 0 Å². The van der Waals surface area contributed by atoms with Crippen molar-refractivity contribution < 1.29 is 4.79 Å². The van der Waals surface area contributed by atoms with Gasteiger partial charge in [0.2, 0.25) is 5.91 Å². The third-order valence-electron chi connectivity index (χ3n) is 2.47. The van der Waals surface area contributed by atoms with Crippen LogP contribution in [0.3, 0.4) is 0 Å². The van der Waals surface area contributed by atoms with Crippen molar-refractivity contribution in [1.29, 1.82) is 5.26 Å². The Morgan fingerprint density at radius 3 is 2.83 bits per heavy atom. The molecule has 1 heterocycles. The quantitative estimate of drug-likeness (QED) is 0.845. The van der Waals surface area contributed by atoms with E-state index in [1.165, 1.54) is 11.1 Å². The van der Waals surface area contributed by atoms with Crippen LogP contribution in [-0.4, -0.2) is 35.9 Å². The lowest BCUT2D eigenvalue weighted by atomic mass is 10.1. The number of carbonyl (C=O) groups is 1. The summed E-state index contributed by atoms with van der Waals surface area (Å²) in [7, 11) is 3.38. The van der Waals surface area contributed by atoms with Gasteiger partial charge in [0, 0.05) is 20.3 Å². The smallest absolute Gasteiger partial charge is 0.244 e. The van der Waals surface area contributed by atoms with E-state index in [1.807, 2.05) is 13.0 Å². The Morgan fingerprint density at radius 2 is 2.33 bits per heavy atom. The van der Waals surface area contributed by atoms with Crippen LogP contribution in [0.4, 0.5) is 5.69 Å². The minimum absolute atomic E-state index is 0.0469. The summed E-state index contributed by atoms with van der Waals surface area (Å²) in [6.07, 6.45) is 2.00. The number of nitriles is 1. The Labute approximate surface area is 111 Å². The number of halogens is 1. The molecule has 0 aliphatic carbocycles. The van der Waals surface area contributed by atoms with Crippen LogP contribution in [-0.2, 0) is 4.79 Å². The topological polar surface area (TPSA) is 69.0 Å². The zero-order valence-corrected chi connectivity index (χ0v) is 11.3. The molecule has 0 fully saturated rings. The highest BCUT2D eigenvalue weighted by Gasteiger charge is 2.19. The molecule has 6 heteroatoms. The first kappa shape index (κ1) is 14.3. The zero-order chi connectivity index (χ0) is 13.7. The number of amides is 1. The van der Waals surface area contributed by atoms with Gasteiger partial charge in [-0.25, -0.2) is 4.98 Å². The predicted molar refractivity (Wildman–Crippen MR) is 70.4 cm³/mol. The number of hydrogen-bond acceptors (Lipinski definition) is 4. The Bertz CT molecular complexity index is 481. The number of pyridine rings is 1. The lowest BCUT2D eigenvalue weighted by Gasteiger charge is -2.21. The van der Waals surface area contributed by atoms with Gasteiger partial charge in [0.15, 0.2) is 0 Å². The second-order valence-electron chi connectivity index (χ2n) is 4.00. The molecular weight excluding hydrogens is 252 g/mol. The molecule has 5 nitrogen and oxygen atoms in total. The number of likely N-dealkylation sites (N-methyl/N-ethyl adjacent to an activating group) is 1. The number of rotatable bonds is 4. The van der Waals surface area contributed by atoms with Crippen molar-refractivity contribution in [3.8, 4) is 6.07 Å². The van der Waals surface area contributed by atoms with Crippen LogP contribution in [0.15, 0.2) is 12.3 Å². The van der Waals surface area contributed by atoms with Gasteiger partial charge in [-0.2, -0.15) is 5.26 Å². The van der Waals surface area contributed by atoms with Crippen LogP contribution in [0.2, 0.25) is 5.15 Å². The summed E-state index contributed by atoms with van der Waals surface area (Å²) in [5.74, 6) is -0.0469. The minimum Gasteiger partial charge on any atom is -0.372 e. The van der Waals surface area contributed by atoms with E-state index in [1.54, 1.807) is 20.2 Å². The summed E-state index contributed by atoms with van der Waals surface area (Å²) in [5.41, 5.74) is 0.893. The number of nitrogens with one attached hydrogen (secondary N) is 1. The zero-order valence-electron chi connectivity index (χ0n) is 10.6. The van der Waals surface area contributed by atoms with Crippen molar-refractivity contribution in [2.45, 2.75) is 19.4 Å². The van der Waals surface area contributed by atoms with Crippen molar-refractivity contribution in [3.05, 3.63) is 23.0 Å². The first-order valence-electron chi connectivity index (χ1n) is 5.53. The molecule has 96 valence electrons. The van der Waals surface area contributed by atoms with Gasteiger partial charge >= 0.3 is 0 Å². The molecule has 1 N–H and O–H groups in total. The summed E-state index contributed by atoms with van der Waals surface area (Å²) >= 11 is 5.79. The van der Waals surface area contributed by atoms with E-state index >= 15 is 0 Å². The maximum Gasteiger partial charge on any atom is 0.244 e. The number of carbonyl (C=O) groups excluding carboxylic acids is 1. The highest BCUT2D eigenvalue weighted by molar-refractivity contribution is 6.29. The van der Waals surface area contributed by atoms with Crippen LogP contribution in [0, 0.1) is 11.3 Å². The maximum atomic E-state index is 11.9. The molecule has 0 aliphatic rings. The molecule has 0 saturated heterocycles. The third kappa shape index (κ3) is 3.34. The fraction of sp³-hybridized carbons (Fsp3) is 0.417. The lowest BCUT2D eigenvalue weighted by molar-refractivity contribution is -0.129. The molecule has 0 unspecified atom stereocenters. The number of aromatic nitrogens is 1. The van der Waals surface area contributed by atoms with Gasteiger partial charge < -0.3 is 10.2 Å². The van der Waals surface area contributed by atoms with Gasteiger partial charge in [-0.15, -0.1) is 0 Å². The molecule has 1 amide bonds. The van der Waals surface area contributed by atoms with E-state index in [-0.39, 0.29) is 17.1 Å². The summed E-state index contributed by atoms with van der Waals surface area (Å²) < 4.78 is 0. The average molecular weight is 267 g/mol. The van der Waals surface area contributed by atoms with Crippen LogP contribution in [0.1, 0.15) is 18.9 Å². The second kappa shape index (κ2) is 6.22. The van der Waals surface area contributed by atoms with E-state index in [0.29, 0.717) is 17.7 Å². The number of hydrogen-bond donors (Lipinski definition) is 1. The molecule has 1 aromatic rings. The van der Waals surface area contributed by atoms with Gasteiger partial charge in [-0.05, 0) is 12.5 Å². The third-order valence-corrected chi connectivity index (χ3v) is 2.67. The Hall–Kier alpha value is -1.80. The van der Waals surface area contributed by atoms with E-state index in [9.17, 15) is 4.79 Å². The van der Waals surface area contributed by atoms with Gasteiger partial charge in [0.1, 0.15) is 17.3 Å². The van der Waals surface area contributed by atoms with Crippen LogP contribution in [0.5, 0.6) is 0 Å². The van der Waals surface area contributed by atoms with E-state index in [0.717, 1.165) is 0 Å². The standard InChI is InChI=1S/C12H15ClN4O/c1-4-9(12(18)17(2)3)16-10-5-11(13)15-7-8(10)6-14/h5,7,9H,4H2,1-3H3,(H,15,16)/t9-/m0/s1. The Kier molecular flexibility index (Phi) is 4.93. The summed E-state index contributed by atoms with van der Waals surface area (Å²) in [6, 6.07) is 3.18. The molecule has 18 heavy (non-hydrogen) atoms. The van der Waals surface area contributed by atoms with Crippen molar-refractivity contribution in [3.63, 3.8) is 0 Å². The summed E-state index contributed by atoms with van der Waals surface area (Å²) in [6.45, 7) is 1.90. The fourth-order valence-electron chi connectivity index (χ4n) is 1.48. The van der Waals surface area contributed by atoms with Crippen LogP contribution in [0.25, 0.3) is 0 Å². The summed E-state index contributed by atoms with van der Waals surface area (Å²) in [4.78, 5) is 17.2. The minimum atomic E-state index is -0.384. The summed E-state index contributed by atoms with van der Waals surface area (Å²) in [5, 5.41) is 12.3. The molecule has 0 radical (unpaired) electrons. The monoisotopic (exact) mass is 266 g/mol. The first-order chi connectivity index (χ1) is 8.49. The molecule has 1 atom stereocenters. The fourth-order valence-corrected chi connectivity index (χ4v) is 1.63. The van der Waals surface area contributed by atoms with Crippen molar-refractivity contribution >= 4 is 23.2 Å². The van der Waals surface area contributed by atoms with Crippen LogP contribution < -0.4 is 5.32 Å². The van der Waals surface area contributed by atoms with Crippen LogP contribution >= 0.6 is 11.6 Å². The molecule has 0 aromatic carbocycles. The molecule has 0 bridgehead atoms. The predicted octanol–water partition coefficient (Wildman–Crippen LogP) is 1.89. The van der Waals surface area contributed by atoms with Crippen molar-refractivity contribution in [1.82, 2.24) is 9.88 Å². The Balaban J connectivity index is 2.98. The number of anilines is 1. The maximum absolute atomic E-state index is 11.9. The van der Waals surface area contributed by atoms with Crippen molar-refractivity contribution in [2.75, 3.05) is 19.4 Å². The molecule has 0 saturated carbocycles. The average Bonchev–Trinajstić information content (AvgIpc) is 2.35. The van der Waals surface area contributed by atoms with E-state index in [4.69, 9.17) is 16.9 Å². The normalized spacial score (nSPS) is 11.5. The lowest BCUT2D eigenvalue weighted by Crippen LogP contribution is -2.38. The SMILES string of the molecule is CC[C@H](Nc1cc(Cl)ncc1C#N)C(=O)N(C)C. The molecule has 1 aromatic heterocycles. The van der Waals surface area contributed by atoms with Gasteiger partial charge in [-0.3, -0.25) is 4.79 Å². The molecule has 0 spiro atoms. The largest absolute Gasteiger partial charge is 0.372 e. The van der Waals surface area contributed by atoms with Gasteiger partial charge in [0.05, 0.1) is 11.3 Å². The number of nitrogens with zero attached hydrogens (tertiary/aromatic N) is 3. The molecule has 1 rings (SSSR count). The van der Waals surface area contributed by atoms with Crippen molar-refractivity contribution in [2.24, 2.45) is 0 Å². The Morgan fingerprint density at radius 1 is 1.67 bits per heavy atom. The highest BCUT2D eigenvalue weighted by Crippen LogP contribution is 2.19. The van der Waals surface area contributed by atoms with E-state index < -0.39 is 0 Å². The second-order valence-corrected chi connectivity index (χ2v) is 4.39. The van der Waals surface area contributed by atoms with E-state index in [2.05, 4.69) is 10.3 Å². The molecule has 0 aliphatic heterocycles. The highest BCUT2D eigenvalue weighted by atomic mass is 35.5.